The number of nitrogens with one attached hydrogen (secondary N) is 1. The number of carboxylic acid groups (broad SMARTS) is 1. The van der Waals surface area contributed by atoms with Crippen LogP contribution in [0.1, 0.15) is 20.3 Å². The van der Waals surface area contributed by atoms with Crippen LogP contribution in [0.15, 0.2) is 28.9 Å². The van der Waals surface area contributed by atoms with E-state index in [0.29, 0.717) is 19.1 Å². The molecule has 2 atom stereocenters. The van der Waals surface area contributed by atoms with Crippen LogP contribution >= 0.6 is 11.3 Å². The van der Waals surface area contributed by atoms with Gasteiger partial charge in [0.25, 0.3) is 5.91 Å². The highest BCUT2D eigenvalue weighted by Crippen LogP contribution is 2.41. The number of fused-ring (bicyclic) bond motifs is 1. The number of likely N-dealkylation sites (tertiary alicyclic amines) is 1. The van der Waals surface area contributed by atoms with Gasteiger partial charge in [0.1, 0.15) is 0 Å². The summed E-state index contributed by atoms with van der Waals surface area (Å²) in [5.74, 6) is -2.24. The number of aryl methyl sites for hydroxylation is 1. The van der Waals surface area contributed by atoms with E-state index in [1.165, 1.54) is 16.0 Å². The number of carbonyl (C=O) groups is 2. The molecule has 0 saturated carbocycles. The minimum atomic E-state index is -5.08. The fraction of sp³-hybridized carbons (Fsp3) is 0.526. The van der Waals surface area contributed by atoms with Gasteiger partial charge in [-0.05, 0) is 19.1 Å². The zero-order chi connectivity index (χ0) is 22.6. The van der Waals surface area contributed by atoms with Gasteiger partial charge in [-0.2, -0.15) is 13.2 Å². The lowest BCUT2D eigenvalue weighted by atomic mass is 9.81. The molecule has 0 bridgehead atoms. The third kappa shape index (κ3) is 5.83. The number of aromatic nitrogens is 1. The first-order valence-electron chi connectivity index (χ1n) is 9.43. The SMILES string of the molecule is Cc1ccc(CN2C[C@@H]3COC[C@]3(CNC(=O)c3ccno3)C2)s1.O=C(O)C(F)(F)F. The van der Waals surface area contributed by atoms with Crippen LogP contribution < -0.4 is 5.32 Å². The van der Waals surface area contributed by atoms with Crippen LogP contribution in [0, 0.1) is 18.3 Å². The average molecular weight is 461 g/mol. The molecule has 1 amide bonds. The Hall–Kier alpha value is -2.44. The third-order valence-corrected chi connectivity index (χ3v) is 6.26. The minimum Gasteiger partial charge on any atom is -0.475 e. The maximum absolute atomic E-state index is 12.1. The summed E-state index contributed by atoms with van der Waals surface area (Å²) in [7, 11) is 0. The molecule has 0 unspecified atom stereocenters. The van der Waals surface area contributed by atoms with E-state index in [1.807, 2.05) is 11.3 Å². The predicted molar refractivity (Wildman–Crippen MR) is 104 cm³/mol. The van der Waals surface area contributed by atoms with E-state index < -0.39 is 12.1 Å². The van der Waals surface area contributed by atoms with Crippen molar-refractivity contribution in [2.75, 3.05) is 32.8 Å². The molecule has 2 N–H and O–H groups in total. The molecule has 4 rings (SSSR count). The summed E-state index contributed by atoms with van der Waals surface area (Å²) in [6.45, 7) is 7.18. The second-order valence-corrected chi connectivity index (χ2v) is 8.99. The van der Waals surface area contributed by atoms with E-state index in [0.717, 1.165) is 26.2 Å². The van der Waals surface area contributed by atoms with Gasteiger partial charge in [-0.15, -0.1) is 11.3 Å². The minimum absolute atomic E-state index is 0.00197. The van der Waals surface area contributed by atoms with Gasteiger partial charge in [0.2, 0.25) is 5.76 Å². The van der Waals surface area contributed by atoms with E-state index in [2.05, 4.69) is 34.4 Å². The van der Waals surface area contributed by atoms with Crippen molar-refractivity contribution < 1.29 is 37.1 Å². The predicted octanol–water partition coefficient (Wildman–Crippen LogP) is 2.56. The van der Waals surface area contributed by atoms with E-state index in [1.54, 1.807) is 6.07 Å². The number of alkyl halides is 3. The number of nitrogens with zero attached hydrogens (tertiary/aromatic N) is 2. The third-order valence-electron chi connectivity index (χ3n) is 5.27. The van der Waals surface area contributed by atoms with Gasteiger partial charge in [0, 0.05) is 53.3 Å². The number of carboxylic acids is 1. The first-order chi connectivity index (χ1) is 14.6. The zero-order valence-electron chi connectivity index (χ0n) is 16.6. The van der Waals surface area contributed by atoms with E-state index in [4.69, 9.17) is 19.2 Å². The Labute approximate surface area is 180 Å². The molecule has 2 aromatic heterocycles. The maximum atomic E-state index is 12.1. The van der Waals surface area contributed by atoms with Gasteiger partial charge in [0.05, 0.1) is 19.4 Å². The van der Waals surface area contributed by atoms with Gasteiger partial charge in [-0.1, -0.05) is 5.16 Å². The lowest BCUT2D eigenvalue weighted by Gasteiger charge is -2.27. The van der Waals surface area contributed by atoms with Gasteiger partial charge >= 0.3 is 12.1 Å². The van der Waals surface area contributed by atoms with Crippen molar-refractivity contribution in [1.29, 1.82) is 0 Å². The number of halogens is 3. The van der Waals surface area contributed by atoms with Gasteiger partial charge < -0.3 is 19.7 Å². The Kier molecular flexibility index (Phi) is 7.02. The van der Waals surface area contributed by atoms with Gasteiger partial charge in [-0.25, -0.2) is 4.79 Å². The van der Waals surface area contributed by atoms with Crippen LogP contribution in [0.3, 0.4) is 0 Å². The Bertz CT molecular complexity index is 902. The molecule has 2 saturated heterocycles. The molecule has 2 aliphatic heterocycles. The second-order valence-electron chi connectivity index (χ2n) is 7.62. The summed E-state index contributed by atoms with van der Waals surface area (Å²) < 4.78 is 42.4. The monoisotopic (exact) mass is 461 g/mol. The molecule has 0 spiro atoms. The number of carbonyl (C=O) groups excluding carboxylic acids is 1. The van der Waals surface area contributed by atoms with Crippen LogP contribution in [0.4, 0.5) is 13.2 Å². The van der Waals surface area contributed by atoms with Crippen molar-refractivity contribution in [3.05, 3.63) is 39.9 Å². The van der Waals surface area contributed by atoms with E-state index in [-0.39, 0.29) is 17.1 Å². The zero-order valence-corrected chi connectivity index (χ0v) is 17.5. The molecule has 0 aromatic carbocycles. The number of hydrogen-bond acceptors (Lipinski definition) is 7. The van der Waals surface area contributed by atoms with Crippen molar-refractivity contribution in [2.45, 2.75) is 19.6 Å². The van der Waals surface area contributed by atoms with Crippen molar-refractivity contribution in [3.63, 3.8) is 0 Å². The molecule has 12 heteroatoms. The summed E-state index contributed by atoms with van der Waals surface area (Å²) in [5.41, 5.74) is 0.00197. The summed E-state index contributed by atoms with van der Waals surface area (Å²) in [5, 5.41) is 13.7. The Morgan fingerprint density at radius 2 is 2.13 bits per heavy atom. The number of amides is 1. The summed E-state index contributed by atoms with van der Waals surface area (Å²) >= 11 is 1.86. The standard InChI is InChI=1S/C17H21N3O3S.C2HF3O2/c1-12-2-3-14(24-12)7-20-6-13-8-22-11-17(13,10-20)9-18-16(21)15-4-5-19-23-15;3-2(4,5)1(6)7/h2-5,13H,6-11H2,1H3,(H,18,21);(H,6,7)/t13-,17+;/m1./s1. The van der Waals surface area contributed by atoms with Crippen LogP contribution in [0.2, 0.25) is 0 Å². The molecule has 4 heterocycles. The summed E-state index contributed by atoms with van der Waals surface area (Å²) in [6, 6.07) is 5.96. The first kappa shape index (κ1) is 23.2. The number of rotatable bonds is 5. The largest absolute Gasteiger partial charge is 0.490 e. The molecular formula is C19H22F3N3O5S. The highest BCUT2D eigenvalue weighted by molar-refractivity contribution is 7.11. The Morgan fingerprint density at radius 3 is 2.71 bits per heavy atom. The average Bonchev–Trinajstić information content (AvgIpc) is 3.44. The van der Waals surface area contributed by atoms with Crippen LogP contribution in [-0.2, 0) is 16.1 Å². The maximum Gasteiger partial charge on any atom is 0.490 e. The van der Waals surface area contributed by atoms with Crippen LogP contribution in [0.5, 0.6) is 0 Å². The fourth-order valence-corrected chi connectivity index (χ4v) is 4.71. The lowest BCUT2D eigenvalue weighted by molar-refractivity contribution is -0.192. The van der Waals surface area contributed by atoms with Crippen LogP contribution in [0.25, 0.3) is 0 Å². The van der Waals surface area contributed by atoms with Crippen molar-refractivity contribution in [2.24, 2.45) is 11.3 Å². The molecule has 2 fully saturated rings. The number of aliphatic carboxylic acids is 1. The van der Waals surface area contributed by atoms with Gasteiger partial charge in [0.15, 0.2) is 0 Å². The van der Waals surface area contributed by atoms with Crippen molar-refractivity contribution >= 4 is 23.2 Å². The van der Waals surface area contributed by atoms with Crippen molar-refractivity contribution in [1.82, 2.24) is 15.4 Å². The molecule has 2 aliphatic rings. The number of ether oxygens (including phenoxy) is 1. The van der Waals surface area contributed by atoms with E-state index in [9.17, 15) is 18.0 Å². The highest BCUT2D eigenvalue weighted by Gasteiger charge is 2.50. The fourth-order valence-electron chi connectivity index (χ4n) is 3.78. The molecule has 31 heavy (non-hydrogen) atoms. The van der Waals surface area contributed by atoms with Crippen molar-refractivity contribution in [3.8, 4) is 0 Å². The number of thiophene rings is 1. The molecule has 0 radical (unpaired) electrons. The van der Waals surface area contributed by atoms with Crippen LogP contribution in [-0.4, -0.2) is 66.1 Å². The Morgan fingerprint density at radius 1 is 1.39 bits per heavy atom. The highest BCUT2D eigenvalue weighted by atomic mass is 32.1. The molecule has 170 valence electrons. The number of hydrogen-bond donors (Lipinski definition) is 2. The molecule has 2 aromatic rings. The first-order valence-corrected chi connectivity index (χ1v) is 10.3. The molecule has 0 aliphatic carbocycles. The molecular weight excluding hydrogens is 439 g/mol. The smallest absolute Gasteiger partial charge is 0.475 e. The topological polar surface area (TPSA) is 105 Å². The Balaban J connectivity index is 0.000000339. The molecule has 8 nitrogen and oxygen atoms in total. The van der Waals surface area contributed by atoms with Gasteiger partial charge in [-0.3, -0.25) is 9.69 Å². The van der Waals surface area contributed by atoms with E-state index >= 15 is 0 Å². The normalized spacial score (nSPS) is 23.2. The summed E-state index contributed by atoms with van der Waals surface area (Å²) in [4.78, 5) is 26.3. The summed E-state index contributed by atoms with van der Waals surface area (Å²) in [6.07, 6.45) is -3.60. The quantitative estimate of drug-likeness (QED) is 0.705. The second kappa shape index (κ2) is 9.37. The lowest BCUT2D eigenvalue weighted by Crippen LogP contribution is -2.43.